The lowest BCUT2D eigenvalue weighted by Crippen LogP contribution is -2.25. The normalized spacial score (nSPS) is 14.6. The van der Waals surface area contributed by atoms with Gasteiger partial charge in [0.25, 0.3) is 11.9 Å². The third-order valence-corrected chi connectivity index (χ3v) is 6.38. The van der Waals surface area contributed by atoms with Gasteiger partial charge in [0.2, 0.25) is 17.7 Å². The summed E-state index contributed by atoms with van der Waals surface area (Å²) >= 11 is 3.43. The van der Waals surface area contributed by atoms with Gasteiger partial charge in [-0.1, -0.05) is 12.1 Å². The maximum Gasteiger partial charge on any atom is 0.270 e. The van der Waals surface area contributed by atoms with E-state index in [1.165, 1.54) is 26.2 Å². The van der Waals surface area contributed by atoms with Gasteiger partial charge in [-0.25, -0.2) is 4.98 Å². The average molecular weight is 570 g/mol. The lowest BCUT2D eigenvalue weighted by molar-refractivity contribution is -0.384. The van der Waals surface area contributed by atoms with Crippen LogP contribution >= 0.6 is 15.9 Å². The van der Waals surface area contributed by atoms with Crippen LogP contribution in [0, 0.1) is 28.4 Å². The lowest BCUT2D eigenvalue weighted by Gasteiger charge is -2.16. The molecule has 4 rings (SSSR count). The Hall–Kier alpha value is -4.28. The molecule has 12 nitrogen and oxygen atoms in total. The highest BCUT2D eigenvalue weighted by atomic mass is 79.9. The smallest absolute Gasteiger partial charge is 0.270 e. The zero-order valence-corrected chi connectivity index (χ0v) is 21.5. The number of nitriles is 1. The third kappa shape index (κ3) is 5.30. The molecule has 37 heavy (non-hydrogen) atoms. The number of hydrogen-bond donors (Lipinski definition) is 0. The van der Waals surface area contributed by atoms with Crippen molar-refractivity contribution in [2.24, 2.45) is 5.10 Å². The van der Waals surface area contributed by atoms with Crippen LogP contribution in [0.1, 0.15) is 35.7 Å². The fraction of sp³-hybridized carbons (Fsp3) is 0.250. The monoisotopic (exact) mass is 569 g/mol. The molecule has 0 unspecified atom stereocenters. The standard InChI is InChI=1S/C24H20BrN5O7/c1-13-22(25)18(11-34-3)17(10-26)23(27-13)35-12-21-28-29(14(2)31)24(37-21)20-8-7-19(36-20)15-5-4-6-16(9-15)30(32)33/h4-9,24H,11-12H2,1-3H3/t24-/m1/s1. The van der Waals surface area contributed by atoms with Crippen LogP contribution in [-0.4, -0.2) is 40.4 Å². The van der Waals surface area contributed by atoms with Crippen molar-refractivity contribution in [2.45, 2.75) is 26.7 Å². The largest absolute Gasteiger partial charge is 0.467 e. The van der Waals surface area contributed by atoms with E-state index < -0.39 is 17.1 Å². The lowest BCUT2D eigenvalue weighted by atomic mass is 10.1. The zero-order valence-electron chi connectivity index (χ0n) is 19.9. The first kappa shape index (κ1) is 25.8. The van der Waals surface area contributed by atoms with Crippen molar-refractivity contribution in [3.63, 3.8) is 0 Å². The Morgan fingerprint density at radius 1 is 1.32 bits per heavy atom. The number of carbonyl (C=O) groups is 1. The average Bonchev–Trinajstić information content (AvgIpc) is 3.53. The number of ether oxygens (including phenoxy) is 3. The molecule has 1 aliphatic rings. The first-order chi connectivity index (χ1) is 17.7. The van der Waals surface area contributed by atoms with Crippen LogP contribution in [0.5, 0.6) is 5.88 Å². The third-order valence-electron chi connectivity index (χ3n) is 5.32. The van der Waals surface area contributed by atoms with E-state index in [1.807, 2.05) is 0 Å². The van der Waals surface area contributed by atoms with Crippen molar-refractivity contribution in [3.8, 4) is 23.3 Å². The highest BCUT2D eigenvalue weighted by molar-refractivity contribution is 9.10. The summed E-state index contributed by atoms with van der Waals surface area (Å²) in [5, 5.41) is 26.1. The number of nitro benzene ring substituents is 1. The molecule has 0 N–H and O–H groups in total. The van der Waals surface area contributed by atoms with E-state index in [-0.39, 0.29) is 42.0 Å². The van der Waals surface area contributed by atoms with E-state index in [9.17, 15) is 20.2 Å². The number of rotatable bonds is 8. The quantitative estimate of drug-likeness (QED) is 0.279. The number of methoxy groups -OCH3 is 1. The van der Waals surface area contributed by atoms with Crippen LogP contribution in [0.2, 0.25) is 0 Å². The molecule has 1 amide bonds. The topological polar surface area (TPSA) is 153 Å². The van der Waals surface area contributed by atoms with Gasteiger partial charge in [-0.2, -0.15) is 10.3 Å². The van der Waals surface area contributed by atoms with Gasteiger partial charge in [0.1, 0.15) is 17.4 Å². The number of hydrogen-bond acceptors (Lipinski definition) is 10. The second-order valence-corrected chi connectivity index (χ2v) is 8.63. The van der Waals surface area contributed by atoms with Crippen molar-refractivity contribution in [1.82, 2.24) is 9.99 Å². The van der Waals surface area contributed by atoms with Crippen LogP contribution in [-0.2, 0) is 20.9 Å². The van der Waals surface area contributed by atoms with Crippen LogP contribution in [0.25, 0.3) is 11.3 Å². The van der Waals surface area contributed by atoms with Gasteiger partial charge in [-0.3, -0.25) is 14.9 Å². The molecule has 190 valence electrons. The molecule has 2 aromatic heterocycles. The van der Waals surface area contributed by atoms with Crippen molar-refractivity contribution >= 4 is 33.4 Å². The molecular weight excluding hydrogens is 550 g/mol. The van der Waals surface area contributed by atoms with E-state index in [1.54, 1.807) is 31.2 Å². The van der Waals surface area contributed by atoms with Gasteiger partial charge in [0, 0.05) is 41.8 Å². The Kier molecular flexibility index (Phi) is 7.51. The minimum absolute atomic E-state index is 0.0630. The number of nitro groups is 1. The number of benzene rings is 1. The Balaban J connectivity index is 1.55. The van der Waals surface area contributed by atoms with Crippen molar-refractivity contribution in [1.29, 1.82) is 5.26 Å². The summed E-state index contributed by atoms with van der Waals surface area (Å²) in [5.41, 5.74) is 1.80. The molecule has 1 atom stereocenters. The van der Waals surface area contributed by atoms with Crippen molar-refractivity contribution in [2.75, 3.05) is 13.7 Å². The first-order valence-electron chi connectivity index (χ1n) is 10.8. The fourth-order valence-corrected chi connectivity index (χ4v) is 4.01. The molecule has 0 radical (unpaired) electrons. The van der Waals surface area contributed by atoms with Gasteiger partial charge in [-0.15, -0.1) is 5.10 Å². The van der Waals surface area contributed by atoms with Crippen molar-refractivity contribution < 1.29 is 28.3 Å². The molecule has 0 spiro atoms. The number of non-ortho nitro benzene ring substituents is 1. The SMILES string of the molecule is COCc1c(Br)c(C)nc(OCC2=NN(C(C)=O)[C@@H](c3ccc(-c4cccc([N+](=O)[O-])c4)o3)O2)c1C#N. The van der Waals surface area contributed by atoms with Crippen molar-refractivity contribution in [3.05, 3.63) is 73.6 Å². The van der Waals surface area contributed by atoms with Gasteiger partial charge in [0.15, 0.2) is 12.4 Å². The fourth-order valence-electron chi connectivity index (χ4n) is 3.61. The molecule has 0 bridgehead atoms. The number of aryl methyl sites for hydroxylation is 1. The molecule has 13 heteroatoms. The number of halogens is 1. The maximum absolute atomic E-state index is 12.3. The van der Waals surface area contributed by atoms with Crippen LogP contribution in [0.3, 0.4) is 0 Å². The second-order valence-electron chi connectivity index (χ2n) is 7.84. The van der Waals surface area contributed by atoms with E-state index in [0.29, 0.717) is 27.1 Å². The molecule has 1 aliphatic heterocycles. The predicted molar refractivity (Wildman–Crippen MR) is 132 cm³/mol. The predicted octanol–water partition coefficient (Wildman–Crippen LogP) is 4.61. The van der Waals surface area contributed by atoms with Crippen LogP contribution in [0.4, 0.5) is 5.69 Å². The number of pyridine rings is 1. The molecular formula is C24H20BrN5O7. The summed E-state index contributed by atoms with van der Waals surface area (Å²) in [4.78, 5) is 27.2. The minimum atomic E-state index is -1.01. The number of amides is 1. The van der Waals surface area contributed by atoms with E-state index in [0.717, 1.165) is 5.01 Å². The highest BCUT2D eigenvalue weighted by Gasteiger charge is 2.35. The second kappa shape index (κ2) is 10.8. The minimum Gasteiger partial charge on any atom is -0.467 e. The van der Waals surface area contributed by atoms with E-state index >= 15 is 0 Å². The molecule has 0 saturated carbocycles. The Labute approximate surface area is 219 Å². The number of furan rings is 1. The summed E-state index contributed by atoms with van der Waals surface area (Å²) in [7, 11) is 1.51. The Bertz CT molecular complexity index is 1450. The summed E-state index contributed by atoms with van der Waals surface area (Å²) < 4.78 is 23.3. The zero-order chi connectivity index (χ0) is 26.7. The first-order valence-corrected chi connectivity index (χ1v) is 11.6. The van der Waals surface area contributed by atoms with Gasteiger partial charge < -0.3 is 18.6 Å². The molecule has 0 saturated heterocycles. The molecule has 0 aliphatic carbocycles. The summed E-state index contributed by atoms with van der Waals surface area (Å²) in [6.45, 7) is 3.03. The van der Waals surface area contributed by atoms with E-state index in [4.69, 9.17) is 18.6 Å². The van der Waals surface area contributed by atoms with E-state index in [2.05, 4.69) is 32.1 Å². The summed E-state index contributed by atoms with van der Waals surface area (Å²) in [5.74, 6) is 0.340. The summed E-state index contributed by atoms with van der Waals surface area (Å²) in [6, 6.07) is 11.3. The summed E-state index contributed by atoms with van der Waals surface area (Å²) in [6.07, 6.45) is -1.01. The number of nitrogens with zero attached hydrogens (tertiary/aromatic N) is 5. The molecule has 3 heterocycles. The van der Waals surface area contributed by atoms with Crippen LogP contribution < -0.4 is 4.74 Å². The van der Waals surface area contributed by atoms with Crippen LogP contribution in [0.15, 0.2) is 50.4 Å². The Morgan fingerprint density at radius 3 is 2.78 bits per heavy atom. The Morgan fingerprint density at radius 2 is 2.11 bits per heavy atom. The number of aromatic nitrogens is 1. The molecule has 0 fully saturated rings. The molecule has 1 aromatic carbocycles. The highest BCUT2D eigenvalue weighted by Crippen LogP contribution is 2.34. The van der Waals surface area contributed by atoms with Gasteiger partial charge >= 0.3 is 0 Å². The van der Waals surface area contributed by atoms with Gasteiger partial charge in [-0.05, 0) is 35.0 Å². The number of carbonyl (C=O) groups excluding carboxylic acids is 1. The van der Waals surface area contributed by atoms with Gasteiger partial charge in [0.05, 0.1) is 17.2 Å². The maximum atomic E-state index is 12.3. The molecule has 3 aromatic rings. The number of hydrazone groups is 1.